The molecule has 2 heteroatoms. The van der Waals surface area contributed by atoms with Crippen LogP contribution < -0.4 is 5.73 Å². The zero-order valence-corrected chi connectivity index (χ0v) is 9.36. The van der Waals surface area contributed by atoms with E-state index in [1.807, 2.05) is 11.3 Å². The van der Waals surface area contributed by atoms with Gasteiger partial charge in [0.25, 0.3) is 0 Å². The summed E-state index contributed by atoms with van der Waals surface area (Å²) >= 11 is 1.85. The van der Waals surface area contributed by atoms with Gasteiger partial charge in [0, 0.05) is 4.88 Å². The molecule has 1 aromatic rings. The predicted molar refractivity (Wildman–Crippen MR) is 60.1 cm³/mol. The molecule has 1 aromatic heterocycles. The Balaban J connectivity index is 2.33. The van der Waals surface area contributed by atoms with Crippen molar-refractivity contribution in [1.82, 2.24) is 0 Å². The fourth-order valence-corrected chi connectivity index (χ4v) is 2.14. The smallest absolute Gasteiger partial charge is 0.00454 e. The molecule has 1 nitrogen and oxygen atoms in total. The summed E-state index contributed by atoms with van der Waals surface area (Å²) in [6.07, 6.45) is 3.56. The van der Waals surface area contributed by atoms with Gasteiger partial charge < -0.3 is 5.73 Å². The summed E-state index contributed by atoms with van der Waals surface area (Å²) in [5, 5.41) is 2.14. The van der Waals surface area contributed by atoms with Crippen LogP contribution in [0, 0.1) is 5.41 Å². The molecular formula is C11H19NS. The van der Waals surface area contributed by atoms with Crippen LogP contribution in [0.4, 0.5) is 0 Å². The van der Waals surface area contributed by atoms with Crippen molar-refractivity contribution in [2.24, 2.45) is 11.1 Å². The summed E-state index contributed by atoms with van der Waals surface area (Å²) in [4.78, 5) is 1.49. The van der Waals surface area contributed by atoms with Gasteiger partial charge in [-0.1, -0.05) is 19.9 Å². The second kappa shape index (κ2) is 4.77. The fourth-order valence-electron chi connectivity index (χ4n) is 1.43. The van der Waals surface area contributed by atoms with Gasteiger partial charge in [-0.15, -0.1) is 11.3 Å². The Morgan fingerprint density at radius 3 is 2.69 bits per heavy atom. The summed E-state index contributed by atoms with van der Waals surface area (Å²) < 4.78 is 0. The van der Waals surface area contributed by atoms with E-state index in [9.17, 15) is 0 Å². The van der Waals surface area contributed by atoms with Gasteiger partial charge in [0.2, 0.25) is 0 Å². The summed E-state index contributed by atoms with van der Waals surface area (Å²) in [6.45, 7) is 5.40. The van der Waals surface area contributed by atoms with Crippen LogP contribution in [0.25, 0.3) is 0 Å². The summed E-state index contributed by atoms with van der Waals surface area (Å²) in [7, 11) is 0. The molecule has 0 aliphatic rings. The Labute approximate surface area is 85.0 Å². The lowest BCUT2D eigenvalue weighted by atomic mass is 9.84. The maximum atomic E-state index is 5.57. The van der Waals surface area contributed by atoms with Crippen LogP contribution in [0.2, 0.25) is 0 Å². The van der Waals surface area contributed by atoms with Crippen molar-refractivity contribution in [2.45, 2.75) is 33.1 Å². The van der Waals surface area contributed by atoms with Crippen LogP contribution in [-0.2, 0) is 6.42 Å². The zero-order valence-electron chi connectivity index (χ0n) is 8.55. The molecule has 1 rings (SSSR count). The fraction of sp³-hybridized carbons (Fsp3) is 0.636. The summed E-state index contributed by atoms with van der Waals surface area (Å²) in [5.41, 5.74) is 5.97. The summed E-state index contributed by atoms with van der Waals surface area (Å²) in [5.74, 6) is 0. The molecule has 0 amide bonds. The standard InChI is InChI=1S/C11H19NS/c1-11(2,7-8-12)6-5-10-4-3-9-13-10/h3-4,9H,5-8,12H2,1-2H3. The minimum absolute atomic E-state index is 0.402. The molecule has 0 saturated carbocycles. The molecular weight excluding hydrogens is 178 g/mol. The highest BCUT2D eigenvalue weighted by Gasteiger charge is 2.16. The van der Waals surface area contributed by atoms with E-state index in [0.717, 1.165) is 13.0 Å². The van der Waals surface area contributed by atoms with Gasteiger partial charge in [-0.05, 0) is 42.7 Å². The second-order valence-corrected chi connectivity index (χ2v) is 5.31. The number of thiophene rings is 1. The van der Waals surface area contributed by atoms with Crippen LogP contribution in [0.5, 0.6) is 0 Å². The van der Waals surface area contributed by atoms with Crippen LogP contribution >= 0.6 is 11.3 Å². The monoisotopic (exact) mass is 197 g/mol. The quantitative estimate of drug-likeness (QED) is 0.771. The van der Waals surface area contributed by atoms with Crippen molar-refractivity contribution in [3.63, 3.8) is 0 Å². The number of hydrogen-bond acceptors (Lipinski definition) is 2. The predicted octanol–water partition coefficient (Wildman–Crippen LogP) is 3.06. The van der Waals surface area contributed by atoms with Gasteiger partial charge in [-0.25, -0.2) is 0 Å². The van der Waals surface area contributed by atoms with Crippen molar-refractivity contribution < 1.29 is 0 Å². The largest absolute Gasteiger partial charge is 0.330 e. The Morgan fingerprint density at radius 2 is 2.15 bits per heavy atom. The van der Waals surface area contributed by atoms with E-state index in [0.29, 0.717) is 5.41 Å². The van der Waals surface area contributed by atoms with Crippen molar-refractivity contribution >= 4 is 11.3 Å². The first-order chi connectivity index (χ1) is 6.14. The van der Waals surface area contributed by atoms with Gasteiger partial charge >= 0.3 is 0 Å². The SMILES string of the molecule is CC(C)(CCN)CCc1cccs1. The van der Waals surface area contributed by atoms with E-state index in [4.69, 9.17) is 5.73 Å². The highest BCUT2D eigenvalue weighted by Crippen LogP contribution is 2.27. The Morgan fingerprint density at radius 1 is 1.38 bits per heavy atom. The van der Waals surface area contributed by atoms with E-state index in [1.165, 1.54) is 17.7 Å². The molecule has 0 aliphatic heterocycles. The lowest BCUT2D eigenvalue weighted by Gasteiger charge is -2.23. The lowest BCUT2D eigenvalue weighted by Crippen LogP contribution is -2.17. The van der Waals surface area contributed by atoms with Crippen LogP contribution in [0.3, 0.4) is 0 Å². The van der Waals surface area contributed by atoms with Crippen LogP contribution in [0.1, 0.15) is 31.6 Å². The molecule has 0 aliphatic carbocycles. The third-order valence-corrected chi connectivity index (χ3v) is 3.39. The first kappa shape index (κ1) is 10.7. The molecule has 74 valence electrons. The number of aryl methyl sites for hydroxylation is 1. The number of nitrogens with two attached hydrogens (primary N) is 1. The first-order valence-electron chi connectivity index (χ1n) is 4.86. The average molecular weight is 197 g/mol. The van der Waals surface area contributed by atoms with E-state index in [1.54, 1.807) is 0 Å². The van der Waals surface area contributed by atoms with E-state index in [2.05, 4.69) is 31.4 Å². The molecule has 0 aromatic carbocycles. The van der Waals surface area contributed by atoms with Gasteiger partial charge in [0.15, 0.2) is 0 Å². The molecule has 0 spiro atoms. The Hall–Kier alpha value is -0.340. The number of rotatable bonds is 5. The molecule has 0 bridgehead atoms. The molecule has 0 saturated heterocycles. The van der Waals surface area contributed by atoms with Crippen molar-refractivity contribution in [2.75, 3.05) is 6.54 Å². The lowest BCUT2D eigenvalue weighted by molar-refractivity contribution is 0.314. The molecule has 0 unspecified atom stereocenters. The van der Waals surface area contributed by atoms with Crippen molar-refractivity contribution in [3.8, 4) is 0 Å². The Bertz CT molecular complexity index is 226. The molecule has 0 radical (unpaired) electrons. The van der Waals surface area contributed by atoms with E-state index < -0.39 is 0 Å². The molecule has 13 heavy (non-hydrogen) atoms. The number of hydrogen-bond donors (Lipinski definition) is 1. The first-order valence-corrected chi connectivity index (χ1v) is 5.74. The van der Waals surface area contributed by atoms with Crippen LogP contribution in [-0.4, -0.2) is 6.54 Å². The van der Waals surface area contributed by atoms with Gasteiger partial charge in [-0.3, -0.25) is 0 Å². The second-order valence-electron chi connectivity index (χ2n) is 4.28. The average Bonchev–Trinajstić information content (AvgIpc) is 2.52. The van der Waals surface area contributed by atoms with Gasteiger partial charge in [0.05, 0.1) is 0 Å². The minimum Gasteiger partial charge on any atom is -0.330 e. The van der Waals surface area contributed by atoms with Gasteiger partial charge in [-0.2, -0.15) is 0 Å². The molecule has 0 atom stereocenters. The third-order valence-electron chi connectivity index (χ3n) is 2.45. The summed E-state index contributed by atoms with van der Waals surface area (Å²) in [6, 6.07) is 4.33. The normalized spacial score (nSPS) is 11.9. The van der Waals surface area contributed by atoms with Crippen LogP contribution in [0.15, 0.2) is 17.5 Å². The van der Waals surface area contributed by atoms with Crippen molar-refractivity contribution in [1.29, 1.82) is 0 Å². The van der Waals surface area contributed by atoms with Gasteiger partial charge in [0.1, 0.15) is 0 Å². The third kappa shape index (κ3) is 3.92. The maximum absolute atomic E-state index is 5.57. The molecule has 1 heterocycles. The van der Waals surface area contributed by atoms with E-state index in [-0.39, 0.29) is 0 Å². The minimum atomic E-state index is 0.402. The highest BCUT2D eigenvalue weighted by molar-refractivity contribution is 7.09. The molecule has 0 fully saturated rings. The molecule has 2 N–H and O–H groups in total. The van der Waals surface area contributed by atoms with E-state index >= 15 is 0 Å². The Kier molecular flexibility index (Phi) is 3.94. The van der Waals surface area contributed by atoms with Crippen molar-refractivity contribution in [3.05, 3.63) is 22.4 Å². The topological polar surface area (TPSA) is 26.0 Å². The highest BCUT2D eigenvalue weighted by atomic mass is 32.1. The zero-order chi connectivity index (χ0) is 9.73. The maximum Gasteiger partial charge on any atom is 0.00454 e.